The third kappa shape index (κ3) is 3.22. The van der Waals surface area contributed by atoms with Crippen LogP contribution in [0.1, 0.15) is 24.3 Å². The van der Waals surface area contributed by atoms with E-state index in [1.54, 1.807) is 0 Å². The third-order valence-electron chi connectivity index (χ3n) is 4.88. The SMILES string of the molecule is CNC1CCOCC1CN1CCC(c2ccccc2)C1. The van der Waals surface area contributed by atoms with Crippen molar-refractivity contribution in [3.05, 3.63) is 35.9 Å². The molecule has 3 rings (SSSR count). The van der Waals surface area contributed by atoms with E-state index in [4.69, 9.17) is 4.74 Å². The molecule has 20 heavy (non-hydrogen) atoms. The van der Waals surface area contributed by atoms with Crippen LogP contribution in [0.3, 0.4) is 0 Å². The molecule has 0 aromatic heterocycles. The Morgan fingerprint density at radius 3 is 2.90 bits per heavy atom. The van der Waals surface area contributed by atoms with Crippen LogP contribution >= 0.6 is 0 Å². The van der Waals surface area contributed by atoms with Crippen molar-refractivity contribution in [3.8, 4) is 0 Å². The second-order valence-corrected chi connectivity index (χ2v) is 6.17. The first kappa shape index (κ1) is 14.1. The minimum Gasteiger partial charge on any atom is -0.381 e. The Hall–Kier alpha value is -0.900. The molecule has 0 bridgehead atoms. The van der Waals surface area contributed by atoms with Crippen LogP contribution < -0.4 is 5.32 Å². The van der Waals surface area contributed by atoms with Crippen molar-refractivity contribution >= 4 is 0 Å². The number of ether oxygens (including phenoxy) is 1. The summed E-state index contributed by atoms with van der Waals surface area (Å²) < 4.78 is 5.67. The van der Waals surface area contributed by atoms with Gasteiger partial charge in [0.05, 0.1) is 6.61 Å². The topological polar surface area (TPSA) is 24.5 Å². The van der Waals surface area contributed by atoms with Crippen LogP contribution in [0.2, 0.25) is 0 Å². The second-order valence-electron chi connectivity index (χ2n) is 6.17. The van der Waals surface area contributed by atoms with Gasteiger partial charge in [0.25, 0.3) is 0 Å². The summed E-state index contributed by atoms with van der Waals surface area (Å²) >= 11 is 0. The van der Waals surface area contributed by atoms with Crippen LogP contribution in [0.5, 0.6) is 0 Å². The van der Waals surface area contributed by atoms with Crippen LogP contribution in [0.15, 0.2) is 30.3 Å². The first-order valence-electron chi connectivity index (χ1n) is 7.89. The highest BCUT2D eigenvalue weighted by Gasteiger charge is 2.30. The molecule has 110 valence electrons. The number of hydrogen-bond donors (Lipinski definition) is 1. The first-order valence-corrected chi connectivity index (χ1v) is 7.89. The average molecular weight is 274 g/mol. The molecule has 2 saturated heterocycles. The number of nitrogens with zero attached hydrogens (tertiary/aromatic N) is 1. The molecule has 3 atom stereocenters. The van der Waals surface area contributed by atoms with Crippen LogP contribution in [-0.4, -0.2) is 50.8 Å². The lowest BCUT2D eigenvalue weighted by atomic mass is 9.95. The Morgan fingerprint density at radius 1 is 1.25 bits per heavy atom. The molecule has 0 spiro atoms. The molecule has 1 aromatic carbocycles. The summed E-state index contributed by atoms with van der Waals surface area (Å²) in [6, 6.07) is 11.6. The van der Waals surface area contributed by atoms with Gasteiger partial charge in [-0.05, 0) is 37.9 Å². The molecule has 2 fully saturated rings. The van der Waals surface area contributed by atoms with E-state index in [-0.39, 0.29) is 0 Å². The lowest BCUT2D eigenvalue weighted by Crippen LogP contribution is -2.46. The molecule has 0 amide bonds. The Bertz CT molecular complexity index is 409. The van der Waals surface area contributed by atoms with Crippen molar-refractivity contribution in [2.24, 2.45) is 5.92 Å². The van der Waals surface area contributed by atoms with Crippen molar-refractivity contribution in [1.82, 2.24) is 10.2 Å². The fraction of sp³-hybridized carbons (Fsp3) is 0.647. The molecule has 3 heteroatoms. The maximum Gasteiger partial charge on any atom is 0.0521 e. The van der Waals surface area contributed by atoms with Crippen LogP contribution in [-0.2, 0) is 4.74 Å². The van der Waals surface area contributed by atoms with Gasteiger partial charge in [0.2, 0.25) is 0 Å². The highest BCUT2D eigenvalue weighted by atomic mass is 16.5. The quantitative estimate of drug-likeness (QED) is 0.910. The summed E-state index contributed by atoms with van der Waals surface area (Å²) in [5.41, 5.74) is 1.50. The van der Waals surface area contributed by atoms with Gasteiger partial charge < -0.3 is 15.0 Å². The fourth-order valence-electron chi connectivity index (χ4n) is 3.68. The van der Waals surface area contributed by atoms with Gasteiger partial charge in [0, 0.05) is 31.7 Å². The number of benzene rings is 1. The van der Waals surface area contributed by atoms with Gasteiger partial charge in [-0.1, -0.05) is 30.3 Å². The number of nitrogens with one attached hydrogen (secondary N) is 1. The number of rotatable bonds is 4. The van der Waals surface area contributed by atoms with Gasteiger partial charge in [-0.15, -0.1) is 0 Å². The maximum absolute atomic E-state index is 5.67. The molecular formula is C17H26N2O. The minimum atomic E-state index is 0.625. The van der Waals surface area contributed by atoms with E-state index in [0.29, 0.717) is 17.9 Å². The van der Waals surface area contributed by atoms with Crippen LogP contribution in [0.25, 0.3) is 0 Å². The smallest absolute Gasteiger partial charge is 0.0521 e. The molecule has 1 aromatic rings. The molecule has 2 aliphatic heterocycles. The van der Waals surface area contributed by atoms with Crippen molar-refractivity contribution in [3.63, 3.8) is 0 Å². The molecule has 3 unspecified atom stereocenters. The van der Waals surface area contributed by atoms with Gasteiger partial charge in [-0.25, -0.2) is 0 Å². The molecule has 0 aliphatic carbocycles. The lowest BCUT2D eigenvalue weighted by molar-refractivity contribution is 0.0212. The van der Waals surface area contributed by atoms with E-state index >= 15 is 0 Å². The summed E-state index contributed by atoms with van der Waals surface area (Å²) in [4.78, 5) is 2.63. The summed E-state index contributed by atoms with van der Waals surface area (Å²) in [5.74, 6) is 1.36. The maximum atomic E-state index is 5.67. The zero-order valence-corrected chi connectivity index (χ0v) is 12.4. The Labute approximate surface area is 122 Å². The fourth-order valence-corrected chi connectivity index (χ4v) is 3.68. The largest absolute Gasteiger partial charge is 0.381 e. The van der Waals surface area contributed by atoms with E-state index in [1.165, 1.54) is 31.6 Å². The second kappa shape index (κ2) is 6.70. The van der Waals surface area contributed by atoms with E-state index in [0.717, 1.165) is 19.6 Å². The monoisotopic (exact) mass is 274 g/mol. The van der Waals surface area contributed by atoms with Crippen LogP contribution in [0, 0.1) is 5.92 Å². The normalized spacial score (nSPS) is 31.6. The van der Waals surface area contributed by atoms with Gasteiger partial charge in [-0.2, -0.15) is 0 Å². The predicted octanol–water partition coefficient (Wildman–Crippen LogP) is 2.10. The Morgan fingerprint density at radius 2 is 2.10 bits per heavy atom. The van der Waals surface area contributed by atoms with Gasteiger partial charge in [-0.3, -0.25) is 0 Å². The highest BCUT2D eigenvalue weighted by Crippen LogP contribution is 2.28. The number of likely N-dealkylation sites (tertiary alicyclic amines) is 1. The average Bonchev–Trinajstić information content (AvgIpc) is 2.97. The van der Waals surface area contributed by atoms with Gasteiger partial charge in [0.1, 0.15) is 0 Å². The summed E-state index contributed by atoms with van der Waals surface area (Å²) in [6.07, 6.45) is 2.44. The van der Waals surface area contributed by atoms with Gasteiger partial charge in [0.15, 0.2) is 0 Å². The van der Waals surface area contributed by atoms with E-state index in [1.807, 2.05) is 0 Å². The zero-order valence-electron chi connectivity index (χ0n) is 12.4. The van der Waals surface area contributed by atoms with Crippen molar-refractivity contribution in [2.75, 3.05) is 39.9 Å². The van der Waals surface area contributed by atoms with E-state index < -0.39 is 0 Å². The van der Waals surface area contributed by atoms with Crippen molar-refractivity contribution in [2.45, 2.75) is 24.8 Å². The molecule has 2 aliphatic rings. The first-order chi connectivity index (χ1) is 9.86. The molecule has 3 nitrogen and oxygen atoms in total. The third-order valence-corrected chi connectivity index (χ3v) is 4.88. The Balaban J connectivity index is 1.55. The van der Waals surface area contributed by atoms with E-state index in [9.17, 15) is 0 Å². The van der Waals surface area contributed by atoms with Crippen LogP contribution in [0.4, 0.5) is 0 Å². The predicted molar refractivity (Wildman–Crippen MR) is 82.0 cm³/mol. The van der Waals surface area contributed by atoms with Crippen molar-refractivity contribution in [1.29, 1.82) is 0 Å². The summed E-state index contributed by atoms with van der Waals surface area (Å²) in [6.45, 7) is 5.44. The number of hydrogen-bond acceptors (Lipinski definition) is 3. The zero-order chi connectivity index (χ0) is 13.8. The summed E-state index contributed by atoms with van der Waals surface area (Å²) in [5, 5.41) is 3.46. The standard InChI is InChI=1S/C17H26N2O/c1-18-17-8-10-20-13-16(17)12-19-9-7-15(11-19)14-5-3-2-4-6-14/h2-6,15-18H,7-13H2,1H3. The molecule has 1 N–H and O–H groups in total. The minimum absolute atomic E-state index is 0.625. The molecule has 0 radical (unpaired) electrons. The van der Waals surface area contributed by atoms with Crippen molar-refractivity contribution < 1.29 is 4.74 Å². The Kier molecular flexibility index (Phi) is 4.71. The highest BCUT2D eigenvalue weighted by molar-refractivity contribution is 5.21. The molecule has 2 heterocycles. The van der Waals surface area contributed by atoms with Gasteiger partial charge >= 0.3 is 0 Å². The van der Waals surface area contributed by atoms with E-state index in [2.05, 4.69) is 47.6 Å². The lowest BCUT2D eigenvalue weighted by Gasteiger charge is -2.34. The molecular weight excluding hydrogens is 248 g/mol. The summed E-state index contributed by atoms with van der Waals surface area (Å²) in [7, 11) is 2.08. The molecule has 0 saturated carbocycles.